The van der Waals surface area contributed by atoms with Crippen LogP contribution in [0, 0.1) is 5.92 Å². The van der Waals surface area contributed by atoms with Crippen LogP contribution in [0.1, 0.15) is 86.5 Å². The molecular formula is C23H44O3Si. The molecule has 158 valence electrons. The maximum Gasteiger partial charge on any atom is 0.192 e. The Morgan fingerprint density at radius 1 is 1.33 bits per heavy atom. The average Bonchev–Trinajstić information content (AvgIpc) is 2.89. The quantitative estimate of drug-likeness (QED) is 0.289. The molecule has 0 aromatic rings. The zero-order valence-electron chi connectivity index (χ0n) is 19.2. The molecule has 0 bridgehead atoms. The fourth-order valence-electron chi connectivity index (χ4n) is 3.39. The van der Waals surface area contributed by atoms with E-state index in [0.29, 0.717) is 6.10 Å². The third kappa shape index (κ3) is 7.82. The fourth-order valence-corrected chi connectivity index (χ4v) is 4.79. The lowest BCUT2D eigenvalue weighted by molar-refractivity contribution is -0.121. The van der Waals surface area contributed by atoms with E-state index in [-0.39, 0.29) is 28.9 Å². The number of hydrogen-bond donors (Lipinski definition) is 0. The lowest BCUT2D eigenvalue weighted by Gasteiger charge is -2.40. The van der Waals surface area contributed by atoms with Gasteiger partial charge in [0, 0.05) is 12.0 Å². The first kappa shape index (κ1) is 24.6. The second-order valence-corrected chi connectivity index (χ2v) is 14.8. The molecule has 0 aromatic carbocycles. The highest BCUT2D eigenvalue weighted by atomic mass is 28.4. The third-order valence-electron chi connectivity index (χ3n) is 6.51. The summed E-state index contributed by atoms with van der Waals surface area (Å²) in [5, 5.41) is 0.170. The second-order valence-electron chi connectivity index (χ2n) is 10.1. The molecule has 1 aliphatic heterocycles. The summed E-state index contributed by atoms with van der Waals surface area (Å²) in [6.45, 7) is 21.6. The Morgan fingerprint density at radius 3 is 2.48 bits per heavy atom. The molecule has 27 heavy (non-hydrogen) atoms. The van der Waals surface area contributed by atoms with Crippen molar-refractivity contribution in [2.45, 2.75) is 123 Å². The van der Waals surface area contributed by atoms with E-state index >= 15 is 0 Å². The SMILES string of the molecule is C=C1CC(CCCC)OC1CC[C@H](C[C@@H](C)C(C)=O)O[Si](C)(C)C(C)(C)C. The van der Waals surface area contributed by atoms with Crippen LogP contribution in [0.3, 0.4) is 0 Å². The molecule has 2 unspecified atom stereocenters. The summed E-state index contributed by atoms with van der Waals surface area (Å²) in [7, 11) is -1.87. The molecule has 4 heteroatoms. The van der Waals surface area contributed by atoms with Gasteiger partial charge in [-0.25, -0.2) is 0 Å². The zero-order chi connectivity index (χ0) is 20.8. The van der Waals surface area contributed by atoms with Gasteiger partial charge in [-0.05, 0) is 62.7 Å². The summed E-state index contributed by atoms with van der Waals surface area (Å²) in [6.07, 6.45) is 7.89. The summed E-state index contributed by atoms with van der Waals surface area (Å²) < 4.78 is 13.0. The average molecular weight is 397 g/mol. The van der Waals surface area contributed by atoms with Crippen molar-refractivity contribution >= 4 is 14.1 Å². The topological polar surface area (TPSA) is 35.5 Å². The standard InChI is InChI=1S/C23H44O3Si/c1-10-11-12-20-16-18(3)22(25-20)14-13-21(15-17(2)19(4)24)26-27(8,9)23(5,6)7/h17,20-22H,3,10-16H2,1-2,4-9H3/t17-,20?,21-,22?/m1/s1. The summed E-state index contributed by atoms with van der Waals surface area (Å²) in [5.41, 5.74) is 1.24. The van der Waals surface area contributed by atoms with E-state index in [2.05, 4.69) is 47.4 Å². The van der Waals surface area contributed by atoms with Gasteiger partial charge in [0.05, 0.1) is 12.2 Å². The Kier molecular flexibility index (Phi) is 9.43. The first-order valence-corrected chi connectivity index (χ1v) is 13.8. The molecule has 0 N–H and O–H groups in total. The van der Waals surface area contributed by atoms with Gasteiger partial charge in [0.1, 0.15) is 5.78 Å². The maximum atomic E-state index is 11.8. The van der Waals surface area contributed by atoms with Gasteiger partial charge in [-0.1, -0.05) is 54.0 Å². The van der Waals surface area contributed by atoms with Crippen molar-refractivity contribution < 1.29 is 14.0 Å². The molecule has 0 radical (unpaired) electrons. The minimum absolute atomic E-state index is 0.0461. The minimum Gasteiger partial charge on any atom is -0.414 e. The monoisotopic (exact) mass is 396 g/mol. The highest BCUT2D eigenvalue weighted by Gasteiger charge is 2.40. The molecule has 0 aromatic heterocycles. The van der Waals surface area contributed by atoms with E-state index < -0.39 is 8.32 Å². The molecule has 1 heterocycles. The third-order valence-corrected chi connectivity index (χ3v) is 11.0. The number of rotatable bonds is 11. The molecule has 3 nitrogen and oxygen atoms in total. The van der Waals surface area contributed by atoms with E-state index in [1.807, 2.05) is 6.92 Å². The van der Waals surface area contributed by atoms with Crippen molar-refractivity contribution in [1.29, 1.82) is 0 Å². The Hall–Kier alpha value is -0.453. The molecule has 0 amide bonds. The Balaban J connectivity index is 2.71. The molecule has 1 fully saturated rings. The van der Waals surface area contributed by atoms with Crippen molar-refractivity contribution in [3.05, 3.63) is 12.2 Å². The second kappa shape index (κ2) is 10.4. The van der Waals surface area contributed by atoms with Crippen LogP contribution in [-0.2, 0) is 14.0 Å². The Morgan fingerprint density at radius 2 is 1.96 bits per heavy atom. The van der Waals surface area contributed by atoms with Crippen molar-refractivity contribution in [3.8, 4) is 0 Å². The van der Waals surface area contributed by atoms with Gasteiger partial charge in [0.15, 0.2) is 8.32 Å². The Bertz CT molecular complexity index is 492. The number of hydrogen-bond acceptors (Lipinski definition) is 3. The summed E-state index contributed by atoms with van der Waals surface area (Å²) >= 11 is 0. The summed E-state index contributed by atoms with van der Waals surface area (Å²) in [5.74, 6) is 0.296. The van der Waals surface area contributed by atoms with Crippen LogP contribution in [0.15, 0.2) is 12.2 Å². The van der Waals surface area contributed by atoms with Crippen molar-refractivity contribution in [2.75, 3.05) is 0 Å². The number of carbonyl (C=O) groups excluding carboxylic acids is 1. The number of Topliss-reactive ketones (excluding diaryl/α,β-unsaturated/α-hetero) is 1. The molecule has 0 spiro atoms. The highest BCUT2D eigenvalue weighted by molar-refractivity contribution is 6.74. The van der Waals surface area contributed by atoms with Crippen molar-refractivity contribution in [1.82, 2.24) is 0 Å². The van der Waals surface area contributed by atoms with E-state index in [1.165, 1.54) is 18.4 Å². The van der Waals surface area contributed by atoms with Crippen molar-refractivity contribution in [3.63, 3.8) is 0 Å². The van der Waals surface area contributed by atoms with Crippen LogP contribution in [0.2, 0.25) is 18.1 Å². The molecule has 1 aliphatic rings. The summed E-state index contributed by atoms with van der Waals surface area (Å²) in [6, 6.07) is 0. The van der Waals surface area contributed by atoms with Gasteiger partial charge in [0.25, 0.3) is 0 Å². The van der Waals surface area contributed by atoms with Gasteiger partial charge < -0.3 is 9.16 Å². The van der Waals surface area contributed by atoms with Gasteiger partial charge >= 0.3 is 0 Å². The molecule has 4 atom stereocenters. The van der Waals surface area contributed by atoms with E-state index in [9.17, 15) is 4.79 Å². The fraction of sp³-hybridized carbons (Fsp3) is 0.870. The van der Waals surface area contributed by atoms with Gasteiger partial charge in [0.2, 0.25) is 0 Å². The number of ketones is 1. The smallest absolute Gasteiger partial charge is 0.192 e. The van der Waals surface area contributed by atoms with Crippen LogP contribution in [0.5, 0.6) is 0 Å². The highest BCUT2D eigenvalue weighted by Crippen LogP contribution is 2.39. The molecular weight excluding hydrogens is 352 g/mol. The predicted octanol–water partition coefficient (Wildman–Crippen LogP) is 6.68. The first-order chi connectivity index (χ1) is 12.4. The number of ether oxygens (including phenoxy) is 1. The minimum atomic E-state index is -1.87. The van der Waals surface area contributed by atoms with Crippen molar-refractivity contribution in [2.24, 2.45) is 5.92 Å². The summed E-state index contributed by atoms with van der Waals surface area (Å²) in [4.78, 5) is 11.8. The molecule has 1 rings (SSSR count). The van der Waals surface area contributed by atoms with Gasteiger partial charge in [-0.3, -0.25) is 4.79 Å². The Labute approximate surface area is 169 Å². The molecule has 0 aliphatic carbocycles. The van der Waals surface area contributed by atoms with Crippen LogP contribution >= 0.6 is 0 Å². The van der Waals surface area contributed by atoms with E-state index in [4.69, 9.17) is 9.16 Å². The maximum absolute atomic E-state index is 11.8. The van der Waals surface area contributed by atoms with E-state index in [0.717, 1.165) is 32.1 Å². The number of carbonyl (C=O) groups is 1. The largest absolute Gasteiger partial charge is 0.414 e. The first-order valence-electron chi connectivity index (χ1n) is 10.9. The predicted molar refractivity (Wildman–Crippen MR) is 118 cm³/mol. The molecule has 1 saturated heterocycles. The normalized spacial score (nSPS) is 23.5. The number of unbranched alkanes of at least 4 members (excludes halogenated alkanes) is 1. The van der Waals surface area contributed by atoms with E-state index in [1.54, 1.807) is 6.92 Å². The zero-order valence-corrected chi connectivity index (χ0v) is 20.2. The van der Waals surface area contributed by atoms with Crippen LogP contribution in [0.25, 0.3) is 0 Å². The lowest BCUT2D eigenvalue weighted by atomic mass is 9.95. The van der Waals surface area contributed by atoms with Gasteiger partial charge in [-0.15, -0.1) is 0 Å². The lowest BCUT2D eigenvalue weighted by Crippen LogP contribution is -2.44. The van der Waals surface area contributed by atoms with Crippen LogP contribution < -0.4 is 0 Å². The van der Waals surface area contributed by atoms with Crippen LogP contribution in [0.4, 0.5) is 0 Å². The van der Waals surface area contributed by atoms with Gasteiger partial charge in [-0.2, -0.15) is 0 Å². The molecule has 0 saturated carbocycles. The van der Waals surface area contributed by atoms with Crippen LogP contribution in [-0.4, -0.2) is 32.4 Å².